The summed E-state index contributed by atoms with van der Waals surface area (Å²) in [7, 11) is 0. The molecule has 10 nitrogen and oxygen atoms in total. The molecular formula is C39H50N4O6. The third kappa shape index (κ3) is 6.36. The first kappa shape index (κ1) is 35.0. The zero-order chi connectivity index (χ0) is 34.6. The van der Waals surface area contributed by atoms with Gasteiger partial charge in [0.1, 0.15) is 11.6 Å². The van der Waals surface area contributed by atoms with Crippen molar-refractivity contribution in [3.8, 4) is 0 Å². The molecule has 0 aliphatic carbocycles. The van der Waals surface area contributed by atoms with Gasteiger partial charge in [-0.2, -0.15) is 0 Å². The number of rotatable bonds is 15. The minimum Gasteiger partial charge on any atom is -0.394 e. The summed E-state index contributed by atoms with van der Waals surface area (Å²) in [5.74, 6) is -2.41. The van der Waals surface area contributed by atoms with Crippen LogP contribution in [0.2, 0.25) is 0 Å². The average Bonchev–Trinajstić information content (AvgIpc) is 3.74. The van der Waals surface area contributed by atoms with Gasteiger partial charge in [0, 0.05) is 45.8 Å². The molecule has 4 aliphatic heterocycles. The molecule has 0 aromatic heterocycles. The van der Waals surface area contributed by atoms with E-state index in [9.17, 15) is 9.90 Å². The van der Waals surface area contributed by atoms with E-state index in [-0.39, 0.29) is 24.3 Å². The Hall–Kier alpha value is -3.83. The summed E-state index contributed by atoms with van der Waals surface area (Å²) in [6.07, 6.45) is 4.96. The van der Waals surface area contributed by atoms with E-state index in [0.29, 0.717) is 65.2 Å². The van der Waals surface area contributed by atoms with Crippen LogP contribution in [-0.2, 0) is 30.4 Å². The molecule has 2 aromatic rings. The quantitative estimate of drug-likeness (QED) is 0.290. The minimum absolute atomic E-state index is 0.172. The summed E-state index contributed by atoms with van der Waals surface area (Å²) in [5, 5.41) is 10.9. The van der Waals surface area contributed by atoms with Gasteiger partial charge in [-0.05, 0) is 30.4 Å². The number of aliphatic hydroxyl groups excluding tert-OH is 1. The van der Waals surface area contributed by atoms with Crippen LogP contribution >= 0.6 is 0 Å². The topological polar surface area (TPSA) is 103 Å². The first-order chi connectivity index (χ1) is 23.8. The molecule has 10 heteroatoms. The number of morpholine rings is 1. The van der Waals surface area contributed by atoms with Crippen molar-refractivity contribution in [2.24, 2.45) is 11.8 Å². The van der Waals surface area contributed by atoms with Crippen molar-refractivity contribution in [1.29, 1.82) is 0 Å². The van der Waals surface area contributed by atoms with Crippen LogP contribution in [0.4, 0.5) is 0 Å². The van der Waals surface area contributed by atoms with E-state index in [1.807, 2.05) is 67.6 Å². The lowest BCUT2D eigenvalue weighted by atomic mass is 9.64. The Morgan fingerprint density at radius 1 is 0.980 bits per heavy atom. The van der Waals surface area contributed by atoms with E-state index in [1.54, 1.807) is 26.9 Å². The first-order valence-electron chi connectivity index (χ1n) is 17.7. The van der Waals surface area contributed by atoms with Gasteiger partial charge in [0.2, 0.25) is 17.7 Å². The van der Waals surface area contributed by atoms with Gasteiger partial charge < -0.3 is 29.3 Å². The molecule has 3 amide bonds. The van der Waals surface area contributed by atoms with Crippen LogP contribution in [-0.4, -0.2) is 119 Å². The van der Waals surface area contributed by atoms with Gasteiger partial charge in [0.05, 0.1) is 43.3 Å². The van der Waals surface area contributed by atoms with Gasteiger partial charge in [-0.3, -0.25) is 19.3 Å². The van der Waals surface area contributed by atoms with E-state index < -0.39 is 35.1 Å². The number of hydrogen-bond donors (Lipinski definition) is 1. The number of aliphatic hydroxyl groups is 1. The molecule has 2 aromatic carbocycles. The maximum Gasteiger partial charge on any atom is 0.248 e. The number of carbonyl (C=O) groups is 3. The Balaban J connectivity index is 1.41. The van der Waals surface area contributed by atoms with Crippen molar-refractivity contribution in [1.82, 2.24) is 19.6 Å². The number of fused-ring (bicyclic) bond motifs is 1. The van der Waals surface area contributed by atoms with E-state index >= 15 is 9.59 Å². The lowest BCUT2D eigenvalue weighted by Crippen LogP contribution is -2.58. The molecule has 4 fully saturated rings. The molecule has 0 radical (unpaired) electrons. The van der Waals surface area contributed by atoms with Crippen molar-refractivity contribution in [3.63, 3.8) is 0 Å². The highest BCUT2D eigenvalue weighted by Gasteiger charge is 2.79. The minimum atomic E-state index is -1.22. The van der Waals surface area contributed by atoms with Crippen LogP contribution in [0, 0.1) is 11.8 Å². The lowest BCUT2D eigenvalue weighted by Gasteiger charge is -2.40. The van der Waals surface area contributed by atoms with Crippen LogP contribution in [0.5, 0.6) is 0 Å². The zero-order valence-electron chi connectivity index (χ0n) is 28.6. The van der Waals surface area contributed by atoms with E-state index in [2.05, 4.69) is 18.1 Å². The second kappa shape index (κ2) is 15.0. The number of amides is 3. The third-order valence-corrected chi connectivity index (χ3v) is 11.1. The number of ether oxygens (including phenoxy) is 2. The number of nitrogens with zero attached hydrogens (tertiary/aromatic N) is 4. The summed E-state index contributed by atoms with van der Waals surface area (Å²) >= 11 is 0. The maximum absolute atomic E-state index is 15.1. The monoisotopic (exact) mass is 670 g/mol. The second-order valence-electron chi connectivity index (χ2n) is 13.7. The fourth-order valence-electron chi connectivity index (χ4n) is 8.77. The Bertz CT molecular complexity index is 1500. The Labute approximate surface area is 289 Å². The SMILES string of the molecule is C=CCN(CCN1CCOCC1)C(=O)C1N([C@H](CO)c2ccccc2)C(=O)[C@@H]2[C@@H](C(=O)N(CC=C)Cc3ccccc3)[C@@]3(CC)CCC12O3. The smallest absolute Gasteiger partial charge is 0.248 e. The largest absolute Gasteiger partial charge is 0.394 e. The summed E-state index contributed by atoms with van der Waals surface area (Å²) in [4.78, 5) is 52.3. The van der Waals surface area contributed by atoms with Gasteiger partial charge in [-0.1, -0.05) is 79.7 Å². The van der Waals surface area contributed by atoms with Crippen LogP contribution in [0.1, 0.15) is 43.4 Å². The Morgan fingerprint density at radius 3 is 2.27 bits per heavy atom. The number of carbonyl (C=O) groups excluding carboxylic acids is 3. The van der Waals surface area contributed by atoms with Crippen LogP contribution < -0.4 is 0 Å². The van der Waals surface area contributed by atoms with Gasteiger partial charge in [-0.15, -0.1) is 13.2 Å². The molecule has 1 spiro atoms. The molecule has 6 atom stereocenters. The first-order valence-corrected chi connectivity index (χ1v) is 17.7. The van der Waals surface area contributed by atoms with Gasteiger partial charge in [-0.25, -0.2) is 0 Å². The Kier molecular flexibility index (Phi) is 10.7. The van der Waals surface area contributed by atoms with Crippen molar-refractivity contribution in [2.75, 3.05) is 59.1 Å². The predicted molar refractivity (Wildman–Crippen MR) is 186 cm³/mol. The van der Waals surface area contributed by atoms with Crippen LogP contribution in [0.25, 0.3) is 0 Å². The van der Waals surface area contributed by atoms with E-state index in [0.717, 1.165) is 24.2 Å². The van der Waals surface area contributed by atoms with Gasteiger partial charge >= 0.3 is 0 Å². The summed E-state index contributed by atoms with van der Waals surface area (Å²) < 4.78 is 12.6. The molecule has 4 heterocycles. The molecule has 2 bridgehead atoms. The number of likely N-dealkylation sites (tertiary alicyclic amines) is 1. The molecule has 2 unspecified atom stereocenters. The average molecular weight is 671 g/mol. The highest BCUT2D eigenvalue weighted by atomic mass is 16.5. The summed E-state index contributed by atoms with van der Waals surface area (Å²) in [5.41, 5.74) is -0.427. The van der Waals surface area contributed by atoms with Crippen LogP contribution in [0.15, 0.2) is 86.0 Å². The van der Waals surface area contributed by atoms with Crippen molar-refractivity contribution in [3.05, 3.63) is 97.1 Å². The number of hydrogen-bond acceptors (Lipinski definition) is 7. The molecule has 1 N–H and O–H groups in total. The second-order valence-corrected chi connectivity index (χ2v) is 13.7. The lowest BCUT2D eigenvalue weighted by molar-refractivity contribution is -0.158. The van der Waals surface area contributed by atoms with E-state index in [4.69, 9.17) is 9.47 Å². The fourth-order valence-corrected chi connectivity index (χ4v) is 8.77. The summed E-state index contributed by atoms with van der Waals surface area (Å²) in [6.45, 7) is 14.4. The van der Waals surface area contributed by atoms with Gasteiger partial charge in [0.25, 0.3) is 0 Å². The third-order valence-electron chi connectivity index (χ3n) is 11.1. The highest BCUT2D eigenvalue weighted by Crippen LogP contribution is 2.65. The molecular weight excluding hydrogens is 620 g/mol. The Morgan fingerprint density at radius 2 is 1.63 bits per heavy atom. The van der Waals surface area contributed by atoms with Crippen LogP contribution in [0.3, 0.4) is 0 Å². The number of benzene rings is 2. The predicted octanol–water partition coefficient (Wildman–Crippen LogP) is 3.44. The van der Waals surface area contributed by atoms with Crippen molar-refractivity contribution >= 4 is 17.7 Å². The zero-order valence-corrected chi connectivity index (χ0v) is 28.6. The van der Waals surface area contributed by atoms with Crippen molar-refractivity contribution in [2.45, 2.75) is 56.0 Å². The van der Waals surface area contributed by atoms with Crippen molar-refractivity contribution < 1.29 is 29.0 Å². The van der Waals surface area contributed by atoms with E-state index in [1.165, 1.54) is 0 Å². The van der Waals surface area contributed by atoms with Gasteiger partial charge in [0.15, 0.2) is 0 Å². The molecule has 4 aliphatic rings. The molecule has 49 heavy (non-hydrogen) atoms. The summed E-state index contributed by atoms with van der Waals surface area (Å²) in [6, 6.07) is 17.3. The molecule has 262 valence electrons. The molecule has 6 rings (SSSR count). The molecule has 0 saturated carbocycles. The standard InChI is InChI=1S/C39H50N4O6/c1-4-19-41(22-21-40-23-25-48-26-24-40)37(47)34-39-18-17-38(6-3,49-39)32(35(45)42(20-5-2)27-29-13-9-7-10-14-29)33(39)36(46)43(34)31(28-44)30-15-11-8-12-16-30/h4-5,7-16,31-34,44H,1-2,6,17-28H2,3H3/t31-,32+,33+,34?,38-,39?/m1/s1. The fraction of sp³-hybridized carbons (Fsp3) is 0.513. The molecule has 4 saturated heterocycles. The maximum atomic E-state index is 15.1. The normalized spacial score (nSPS) is 28.2. The highest BCUT2D eigenvalue weighted by molar-refractivity contribution is 5.99.